The minimum absolute atomic E-state index is 0. The lowest BCUT2D eigenvalue weighted by Crippen LogP contribution is -2.21. The maximum Gasteiger partial charge on any atom is 0.115 e. The largest absolute Gasteiger partial charge is 0.508 e. The molecule has 1 N–H and O–H groups in total. The van der Waals surface area contributed by atoms with E-state index in [1.807, 2.05) is 0 Å². The monoisotopic (exact) mass is 413 g/mol. The van der Waals surface area contributed by atoms with E-state index in [9.17, 15) is 5.11 Å². The van der Waals surface area contributed by atoms with Crippen molar-refractivity contribution in [3.05, 3.63) is 109 Å². The normalized spacial score (nSPS) is 12.3. The fraction of sp³-hybridized carbons (Fsp3) is 0. The number of rotatable bonds is 3. The minimum atomic E-state index is -0.747. The Morgan fingerprint density at radius 1 is 0.484 bits per heavy atom. The van der Waals surface area contributed by atoms with Crippen LogP contribution in [-0.4, -0.2) is 13.5 Å². The van der Waals surface area contributed by atoms with E-state index in [0.717, 1.165) is 0 Å². The highest BCUT2D eigenvalue weighted by Crippen LogP contribution is 2.40. The summed E-state index contributed by atoms with van der Waals surface area (Å²) in [7, 11) is -0.747. The average molecular weight is 413 g/mol. The van der Waals surface area contributed by atoms with E-state index in [2.05, 4.69) is 97.1 Å². The molecule has 6 rings (SSSR count). The Morgan fingerprint density at radius 2 is 1.06 bits per heavy atom. The summed E-state index contributed by atoms with van der Waals surface area (Å²) in [5.41, 5.74) is 0. The van der Waals surface area contributed by atoms with Crippen LogP contribution in [0.2, 0.25) is 0 Å². The Morgan fingerprint density at radius 3 is 1.77 bits per heavy atom. The van der Waals surface area contributed by atoms with Crippen molar-refractivity contribution in [1.29, 1.82) is 0 Å². The highest BCUT2D eigenvalue weighted by Gasteiger charge is 2.20. The topological polar surface area (TPSA) is 20.2 Å². The van der Waals surface area contributed by atoms with Crippen LogP contribution in [0.15, 0.2) is 109 Å². The number of hydrogen-bond donors (Lipinski definition) is 1. The molecule has 3 heteroatoms. The van der Waals surface area contributed by atoms with Crippen molar-refractivity contribution in [2.45, 2.75) is 0 Å². The molecule has 0 fully saturated rings. The van der Waals surface area contributed by atoms with E-state index in [0.29, 0.717) is 5.75 Å². The summed E-state index contributed by atoms with van der Waals surface area (Å²) in [4.78, 5) is 0. The standard InChI is InChI=1S/C28H19OP.B/c29-22-13-15-24(16-14-22)30(23-7-2-1-3-8-23)26-18-12-21-10-9-19-5-4-6-20-11-17-25(26)28(21)27(19)20;/h1-18,29H;. The molecule has 0 aromatic heterocycles. The molecule has 0 aliphatic rings. The molecule has 1 atom stereocenters. The molecule has 0 amide bonds. The third-order valence-corrected chi connectivity index (χ3v) is 8.37. The molecule has 0 saturated carbocycles. The Balaban J connectivity index is 0.00000204. The molecule has 0 aliphatic heterocycles. The van der Waals surface area contributed by atoms with Gasteiger partial charge in [-0.1, -0.05) is 97.1 Å². The van der Waals surface area contributed by atoms with Crippen molar-refractivity contribution < 1.29 is 5.11 Å². The van der Waals surface area contributed by atoms with E-state index in [1.165, 1.54) is 48.2 Å². The van der Waals surface area contributed by atoms with Gasteiger partial charge in [-0.3, -0.25) is 0 Å². The van der Waals surface area contributed by atoms with Crippen LogP contribution in [0.5, 0.6) is 5.75 Å². The zero-order valence-electron chi connectivity index (χ0n) is 16.9. The van der Waals surface area contributed by atoms with Crippen molar-refractivity contribution in [3.8, 4) is 5.75 Å². The second-order valence-electron chi connectivity index (χ2n) is 7.63. The molecular weight excluding hydrogens is 394 g/mol. The van der Waals surface area contributed by atoms with Crippen LogP contribution in [0.3, 0.4) is 0 Å². The second kappa shape index (κ2) is 7.73. The van der Waals surface area contributed by atoms with Crippen LogP contribution in [0.4, 0.5) is 0 Å². The molecule has 3 radical (unpaired) electrons. The van der Waals surface area contributed by atoms with Crippen molar-refractivity contribution in [3.63, 3.8) is 0 Å². The van der Waals surface area contributed by atoms with Gasteiger partial charge < -0.3 is 5.11 Å². The van der Waals surface area contributed by atoms with Crippen molar-refractivity contribution in [2.75, 3.05) is 0 Å². The summed E-state index contributed by atoms with van der Waals surface area (Å²) >= 11 is 0. The number of aromatic hydroxyl groups is 1. The predicted molar refractivity (Wildman–Crippen MR) is 136 cm³/mol. The fourth-order valence-corrected chi connectivity index (χ4v) is 6.94. The Labute approximate surface area is 184 Å². The molecule has 1 unspecified atom stereocenters. The quantitative estimate of drug-likeness (QED) is 0.225. The SMILES string of the molecule is Oc1ccc(P(c2ccccc2)c2ccc3ccc4cccc5ccc2c3c45)cc1.[B]. The van der Waals surface area contributed by atoms with Crippen LogP contribution in [0, 0.1) is 0 Å². The smallest absolute Gasteiger partial charge is 0.115 e. The molecular formula is C28H19BOP. The van der Waals surface area contributed by atoms with Gasteiger partial charge in [-0.05, 0) is 68.3 Å². The summed E-state index contributed by atoms with van der Waals surface area (Å²) < 4.78 is 0. The molecule has 0 saturated heterocycles. The zero-order chi connectivity index (χ0) is 20.1. The van der Waals surface area contributed by atoms with Crippen LogP contribution >= 0.6 is 7.92 Å². The van der Waals surface area contributed by atoms with Crippen LogP contribution in [0.25, 0.3) is 32.3 Å². The predicted octanol–water partition coefficient (Wildman–Crippen LogP) is 5.67. The van der Waals surface area contributed by atoms with Gasteiger partial charge in [-0.15, -0.1) is 0 Å². The Bertz CT molecular complexity index is 1480. The molecule has 145 valence electrons. The summed E-state index contributed by atoms with van der Waals surface area (Å²) in [5, 5.41) is 21.6. The minimum Gasteiger partial charge on any atom is -0.508 e. The van der Waals surface area contributed by atoms with Gasteiger partial charge in [0.05, 0.1) is 0 Å². The van der Waals surface area contributed by atoms with Gasteiger partial charge >= 0.3 is 0 Å². The van der Waals surface area contributed by atoms with Gasteiger partial charge in [-0.25, -0.2) is 0 Å². The molecule has 0 heterocycles. The molecule has 1 nitrogen and oxygen atoms in total. The summed E-state index contributed by atoms with van der Waals surface area (Å²) in [6, 6.07) is 38.6. The lowest BCUT2D eigenvalue weighted by atomic mass is 9.94. The third kappa shape index (κ3) is 3.16. The maximum absolute atomic E-state index is 9.84. The molecule has 6 aromatic carbocycles. The first-order valence-electron chi connectivity index (χ1n) is 10.1. The van der Waals surface area contributed by atoms with E-state index >= 15 is 0 Å². The van der Waals surface area contributed by atoms with Gasteiger partial charge in [0.1, 0.15) is 5.75 Å². The number of phenols is 1. The number of benzene rings is 6. The van der Waals surface area contributed by atoms with Crippen LogP contribution in [-0.2, 0) is 0 Å². The summed E-state index contributed by atoms with van der Waals surface area (Å²) in [6.45, 7) is 0. The lowest BCUT2D eigenvalue weighted by molar-refractivity contribution is 0.475. The first-order valence-corrected chi connectivity index (χ1v) is 11.4. The maximum atomic E-state index is 9.84. The summed E-state index contributed by atoms with van der Waals surface area (Å²) in [6.07, 6.45) is 0. The van der Waals surface area contributed by atoms with Crippen molar-refractivity contribution in [1.82, 2.24) is 0 Å². The van der Waals surface area contributed by atoms with Gasteiger partial charge in [0.15, 0.2) is 0 Å². The van der Waals surface area contributed by atoms with Crippen molar-refractivity contribution in [2.24, 2.45) is 0 Å². The van der Waals surface area contributed by atoms with E-state index in [-0.39, 0.29) is 8.41 Å². The van der Waals surface area contributed by atoms with E-state index in [1.54, 1.807) is 12.1 Å². The molecule has 6 aromatic rings. The van der Waals surface area contributed by atoms with Crippen molar-refractivity contribution >= 4 is 64.6 Å². The zero-order valence-corrected chi connectivity index (χ0v) is 17.8. The highest BCUT2D eigenvalue weighted by atomic mass is 31.1. The molecule has 31 heavy (non-hydrogen) atoms. The molecule has 0 aliphatic carbocycles. The fourth-order valence-electron chi connectivity index (χ4n) is 4.52. The summed E-state index contributed by atoms with van der Waals surface area (Å²) in [5.74, 6) is 0.303. The third-order valence-electron chi connectivity index (χ3n) is 5.87. The highest BCUT2D eigenvalue weighted by molar-refractivity contribution is 7.80. The Hall–Kier alpha value is -3.35. The number of hydrogen-bond acceptors (Lipinski definition) is 1. The van der Waals surface area contributed by atoms with Gasteiger partial charge in [0, 0.05) is 8.41 Å². The average Bonchev–Trinajstić information content (AvgIpc) is 2.80. The van der Waals surface area contributed by atoms with Gasteiger partial charge in [-0.2, -0.15) is 0 Å². The van der Waals surface area contributed by atoms with Gasteiger partial charge in [0.2, 0.25) is 0 Å². The number of phenolic OH excluding ortho intramolecular Hbond substituents is 1. The van der Waals surface area contributed by atoms with E-state index in [4.69, 9.17) is 0 Å². The lowest BCUT2D eigenvalue weighted by Gasteiger charge is -2.22. The molecule has 0 spiro atoms. The van der Waals surface area contributed by atoms with Crippen LogP contribution in [0.1, 0.15) is 0 Å². The first-order chi connectivity index (χ1) is 14.8. The first kappa shape index (κ1) is 19.6. The van der Waals surface area contributed by atoms with E-state index < -0.39 is 7.92 Å². The Kier molecular flexibility index (Phi) is 4.89. The second-order valence-corrected chi connectivity index (χ2v) is 9.81. The molecule has 0 bridgehead atoms. The van der Waals surface area contributed by atoms with Gasteiger partial charge in [0.25, 0.3) is 0 Å². The van der Waals surface area contributed by atoms with Crippen LogP contribution < -0.4 is 15.9 Å².